The lowest BCUT2D eigenvalue weighted by Crippen LogP contribution is -2.31. The van der Waals surface area contributed by atoms with Gasteiger partial charge in [0.1, 0.15) is 18.2 Å². The van der Waals surface area contributed by atoms with Crippen LogP contribution in [-0.4, -0.2) is 0 Å². The van der Waals surface area contributed by atoms with Crippen molar-refractivity contribution in [1.82, 2.24) is 0 Å². The second kappa shape index (κ2) is 6.07. The smallest absolute Gasteiger partial charge is 0.216 e. The van der Waals surface area contributed by atoms with Crippen LogP contribution in [0.4, 0.5) is 0 Å². The van der Waals surface area contributed by atoms with Gasteiger partial charge in [0.05, 0.1) is 5.56 Å². The summed E-state index contributed by atoms with van der Waals surface area (Å²) in [5.74, 6) is 0. The van der Waals surface area contributed by atoms with Gasteiger partial charge in [0, 0.05) is 27.8 Å². The van der Waals surface area contributed by atoms with Gasteiger partial charge in [-0.3, -0.25) is 0 Å². The number of hydrogen-bond donors (Lipinski definition) is 0. The summed E-state index contributed by atoms with van der Waals surface area (Å²) in [6.07, 6.45) is 2.17. The van der Waals surface area contributed by atoms with Crippen LogP contribution in [0.25, 0.3) is 44.3 Å². The van der Waals surface area contributed by atoms with E-state index in [9.17, 15) is 0 Å². The van der Waals surface area contributed by atoms with Crippen LogP contribution in [0.15, 0.2) is 71.3 Å². The molecular formula is C29H26NO+. The fraction of sp³-hybridized carbons (Fsp3) is 0.207. The zero-order valence-electron chi connectivity index (χ0n) is 18.7. The predicted octanol–water partition coefficient (Wildman–Crippen LogP) is 7.00. The monoisotopic (exact) mass is 404 g/mol. The topological polar surface area (TPSA) is 17.0 Å². The minimum absolute atomic E-state index is 0.0133. The maximum atomic E-state index is 6.60. The first-order chi connectivity index (χ1) is 14.9. The predicted molar refractivity (Wildman–Crippen MR) is 127 cm³/mol. The van der Waals surface area contributed by atoms with Gasteiger partial charge in [-0.2, -0.15) is 0 Å². The average Bonchev–Trinajstić information content (AvgIpc) is 3.21. The molecule has 2 aromatic heterocycles. The molecule has 152 valence electrons. The fourth-order valence-corrected chi connectivity index (χ4v) is 5.46. The third-order valence-corrected chi connectivity index (χ3v) is 7.09. The lowest BCUT2D eigenvalue weighted by molar-refractivity contribution is -0.660. The number of pyridine rings is 1. The van der Waals surface area contributed by atoms with Gasteiger partial charge in [0.15, 0.2) is 6.20 Å². The van der Waals surface area contributed by atoms with Gasteiger partial charge in [-0.15, -0.1) is 0 Å². The van der Waals surface area contributed by atoms with Gasteiger partial charge in [-0.1, -0.05) is 50.2 Å². The van der Waals surface area contributed by atoms with Crippen molar-refractivity contribution >= 4 is 21.9 Å². The van der Waals surface area contributed by atoms with E-state index < -0.39 is 0 Å². The van der Waals surface area contributed by atoms with Crippen LogP contribution in [0, 0.1) is 13.8 Å². The van der Waals surface area contributed by atoms with E-state index in [0.717, 1.165) is 11.2 Å². The molecule has 0 amide bonds. The first-order valence-corrected chi connectivity index (χ1v) is 10.9. The van der Waals surface area contributed by atoms with Gasteiger partial charge in [-0.05, 0) is 59.9 Å². The minimum atomic E-state index is -0.0133. The van der Waals surface area contributed by atoms with Crippen LogP contribution in [0.3, 0.4) is 0 Å². The van der Waals surface area contributed by atoms with E-state index in [1.54, 1.807) is 0 Å². The van der Waals surface area contributed by atoms with Crippen molar-refractivity contribution < 1.29 is 8.98 Å². The molecule has 0 spiro atoms. The summed E-state index contributed by atoms with van der Waals surface area (Å²) in [7, 11) is 2.11. The number of aryl methyl sites for hydroxylation is 3. The molecular weight excluding hydrogens is 378 g/mol. The Balaban J connectivity index is 1.69. The van der Waals surface area contributed by atoms with Crippen LogP contribution in [0.2, 0.25) is 0 Å². The number of nitrogens with zero attached hydrogens (tertiary/aromatic N) is 1. The highest BCUT2D eigenvalue weighted by molar-refractivity contribution is 6.11. The third kappa shape index (κ3) is 2.42. The first-order valence-electron chi connectivity index (χ1n) is 10.9. The molecule has 1 aliphatic carbocycles. The van der Waals surface area contributed by atoms with Crippen molar-refractivity contribution in [2.75, 3.05) is 0 Å². The molecule has 0 fully saturated rings. The first kappa shape index (κ1) is 18.4. The molecule has 31 heavy (non-hydrogen) atoms. The van der Waals surface area contributed by atoms with Crippen molar-refractivity contribution in [3.8, 4) is 22.4 Å². The van der Waals surface area contributed by atoms with Crippen LogP contribution in [-0.2, 0) is 12.5 Å². The molecule has 0 aliphatic heterocycles. The van der Waals surface area contributed by atoms with E-state index in [0.29, 0.717) is 0 Å². The van der Waals surface area contributed by atoms with Crippen molar-refractivity contribution in [1.29, 1.82) is 0 Å². The lowest BCUT2D eigenvalue weighted by atomic mass is 9.82. The summed E-state index contributed by atoms with van der Waals surface area (Å²) >= 11 is 0. The summed E-state index contributed by atoms with van der Waals surface area (Å²) in [6, 6.07) is 22.2. The standard InChI is InChI=1S/C29H26NO/c1-17-10-13-25(30(5)16-17)27-18(2)11-12-20-22-14-24-21(15-26(22)31-28(20)27)19-8-6-7-9-23(19)29(24,3)4/h6-16H,1-5H3/q+1. The van der Waals surface area contributed by atoms with E-state index >= 15 is 0 Å². The van der Waals surface area contributed by atoms with Crippen LogP contribution in [0.1, 0.15) is 36.1 Å². The average molecular weight is 405 g/mol. The fourth-order valence-electron chi connectivity index (χ4n) is 5.46. The van der Waals surface area contributed by atoms with Crippen molar-refractivity contribution in [3.63, 3.8) is 0 Å². The molecule has 0 saturated heterocycles. The second-order valence-electron chi connectivity index (χ2n) is 9.50. The molecule has 0 bridgehead atoms. The Bertz CT molecular complexity index is 1530. The van der Waals surface area contributed by atoms with E-state index in [2.05, 4.69) is 106 Å². The Hall–Kier alpha value is -3.39. The molecule has 0 radical (unpaired) electrons. The molecule has 0 unspecified atom stereocenters. The van der Waals surface area contributed by atoms with E-state index in [4.69, 9.17) is 4.42 Å². The SMILES string of the molecule is Cc1ccc(-c2c(C)ccc3c2oc2cc4c(cc23)C(C)(C)c2ccccc2-4)[n+](C)c1. The third-order valence-electron chi connectivity index (χ3n) is 7.09. The van der Waals surface area contributed by atoms with Crippen LogP contribution in [0.5, 0.6) is 0 Å². The number of benzene rings is 3. The summed E-state index contributed by atoms with van der Waals surface area (Å²) in [5.41, 5.74) is 12.1. The molecule has 2 heterocycles. The molecule has 0 saturated carbocycles. The maximum absolute atomic E-state index is 6.60. The Kier molecular flexibility index (Phi) is 3.60. The van der Waals surface area contributed by atoms with Gasteiger partial charge in [0.2, 0.25) is 5.69 Å². The highest BCUT2D eigenvalue weighted by Crippen LogP contribution is 2.51. The summed E-state index contributed by atoms with van der Waals surface area (Å²) in [5, 5.41) is 2.39. The van der Waals surface area contributed by atoms with E-state index in [-0.39, 0.29) is 5.41 Å². The Morgan fingerprint density at radius 3 is 2.42 bits per heavy atom. The van der Waals surface area contributed by atoms with Crippen molar-refractivity contribution in [2.24, 2.45) is 7.05 Å². The normalized spacial score (nSPS) is 14.2. The molecule has 6 rings (SSSR count). The van der Waals surface area contributed by atoms with E-state index in [1.165, 1.54) is 55.4 Å². The maximum Gasteiger partial charge on any atom is 0.216 e. The Labute approximate surface area is 182 Å². The molecule has 2 nitrogen and oxygen atoms in total. The number of furan rings is 1. The molecule has 0 N–H and O–H groups in total. The van der Waals surface area contributed by atoms with E-state index in [1.807, 2.05) is 0 Å². The summed E-state index contributed by atoms with van der Waals surface area (Å²) in [6.45, 7) is 8.95. The highest BCUT2D eigenvalue weighted by atomic mass is 16.3. The van der Waals surface area contributed by atoms with Crippen LogP contribution >= 0.6 is 0 Å². The number of aromatic nitrogens is 1. The lowest BCUT2D eigenvalue weighted by Gasteiger charge is -2.21. The summed E-state index contributed by atoms with van der Waals surface area (Å²) < 4.78 is 8.80. The molecule has 0 atom stereocenters. The summed E-state index contributed by atoms with van der Waals surface area (Å²) in [4.78, 5) is 0. The Morgan fingerprint density at radius 1 is 0.806 bits per heavy atom. The number of fused-ring (bicyclic) bond motifs is 6. The van der Waals surface area contributed by atoms with Gasteiger partial charge < -0.3 is 4.42 Å². The molecule has 1 aliphatic rings. The quantitative estimate of drug-likeness (QED) is 0.275. The molecule has 5 aromatic rings. The second-order valence-corrected chi connectivity index (χ2v) is 9.50. The zero-order valence-corrected chi connectivity index (χ0v) is 18.7. The minimum Gasteiger partial charge on any atom is -0.455 e. The molecule has 2 heteroatoms. The number of hydrogen-bond acceptors (Lipinski definition) is 1. The van der Waals surface area contributed by atoms with Gasteiger partial charge >= 0.3 is 0 Å². The van der Waals surface area contributed by atoms with Crippen molar-refractivity contribution in [2.45, 2.75) is 33.1 Å². The van der Waals surface area contributed by atoms with Crippen molar-refractivity contribution in [3.05, 3.63) is 89.1 Å². The Morgan fingerprint density at radius 2 is 1.61 bits per heavy atom. The highest BCUT2D eigenvalue weighted by Gasteiger charge is 2.36. The van der Waals surface area contributed by atoms with Gasteiger partial charge in [0.25, 0.3) is 0 Å². The number of rotatable bonds is 1. The molecule has 3 aromatic carbocycles. The van der Waals surface area contributed by atoms with Gasteiger partial charge in [-0.25, -0.2) is 4.57 Å². The zero-order chi connectivity index (χ0) is 21.5. The largest absolute Gasteiger partial charge is 0.455 e. The van der Waals surface area contributed by atoms with Crippen LogP contribution < -0.4 is 4.57 Å².